The lowest BCUT2D eigenvalue weighted by Crippen LogP contribution is -2.26. The second-order valence-corrected chi connectivity index (χ2v) is 4.07. The minimum atomic E-state index is -0.377. The summed E-state index contributed by atoms with van der Waals surface area (Å²) in [6.45, 7) is 4.55. The van der Waals surface area contributed by atoms with Crippen LogP contribution in [-0.2, 0) is 14.3 Å². The molecule has 14 heavy (non-hydrogen) atoms. The summed E-state index contributed by atoms with van der Waals surface area (Å²) in [5.74, 6) is 0.118. The van der Waals surface area contributed by atoms with Crippen molar-refractivity contribution < 1.29 is 14.3 Å². The maximum atomic E-state index is 11.2. The van der Waals surface area contributed by atoms with Crippen LogP contribution in [-0.4, -0.2) is 24.8 Å². The molecule has 1 fully saturated rings. The highest BCUT2D eigenvalue weighted by molar-refractivity contribution is 6.00. The van der Waals surface area contributed by atoms with Gasteiger partial charge in [0.2, 0.25) is 0 Å². The molecule has 0 saturated carbocycles. The van der Waals surface area contributed by atoms with Crippen LogP contribution in [0, 0.1) is 11.8 Å². The van der Waals surface area contributed by atoms with Gasteiger partial charge >= 0.3 is 0 Å². The average Bonchev–Trinajstić information content (AvgIpc) is 2.15. The highest BCUT2D eigenvalue weighted by Crippen LogP contribution is 2.23. The first kappa shape index (κ1) is 11.4. The lowest BCUT2D eigenvalue weighted by Gasteiger charge is -2.24. The minimum absolute atomic E-state index is 0.00370. The highest BCUT2D eigenvalue weighted by atomic mass is 16.5. The van der Waals surface area contributed by atoms with Gasteiger partial charge in [-0.25, -0.2) is 0 Å². The van der Waals surface area contributed by atoms with Gasteiger partial charge in [0, 0.05) is 13.2 Å². The van der Waals surface area contributed by atoms with Gasteiger partial charge in [0.05, 0.1) is 5.92 Å². The van der Waals surface area contributed by atoms with Gasteiger partial charge in [0.1, 0.15) is 11.6 Å². The lowest BCUT2D eigenvalue weighted by molar-refractivity contribution is -0.131. The van der Waals surface area contributed by atoms with Crippen molar-refractivity contribution in [2.75, 3.05) is 13.2 Å². The van der Waals surface area contributed by atoms with Crippen molar-refractivity contribution in [3.05, 3.63) is 0 Å². The zero-order valence-corrected chi connectivity index (χ0v) is 8.91. The van der Waals surface area contributed by atoms with Gasteiger partial charge < -0.3 is 4.74 Å². The quantitative estimate of drug-likeness (QED) is 0.644. The summed E-state index contributed by atoms with van der Waals surface area (Å²) in [6.07, 6.45) is 2.68. The Bertz CT molecular complexity index is 203. The van der Waals surface area contributed by atoms with Crippen molar-refractivity contribution in [1.29, 1.82) is 0 Å². The Morgan fingerprint density at radius 3 is 2.14 bits per heavy atom. The molecule has 0 unspecified atom stereocenters. The van der Waals surface area contributed by atoms with E-state index in [4.69, 9.17) is 4.74 Å². The predicted octanol–water partition coefficient (Wildman–Crippen LogP) is 1.60. The number of Topliss-reactive ketones (excluding diaryl/α,β-unsaturated/α-hetero) is 2. The van der Waals surface area contributed by atoms with Gasteiger partial charge in [-0.3, -0.25) is 9.59 Å². The molecule has 3 heteroatoms. The van der Waals surface area contributed by atoms with Gasteiger partial charge in [0.15, 0.2) is 0 Å². The molecule has 0 aliphatic carbocycles. The van der Waals surface area contributed by atoms with Crippen LogP contribution in [0.3, 0.4) is 0 Å². The smallest absolute Gasteiger partial charge is 0.140 e. The maximum Gasteiger partial charge on any atom is 0.140 e. The van der Waals surface area contributed by atoms with Gasteiger partial charge in [-0.15, -0.1) is 0 Å². The van der Waals surface area contributed by atoms with Gasteiger partial charge in [-0.2, -0.15) is 0 Å². The molecule has 1 aliphatic heterocycles. The number of carbonyl (C=O) groups is 2. The molecule has 0 bridgehead atoms. The van der Waals surface area contributed by atoms with E-state index in [0.29, 0.717) is 12.3 Å². The summed E-state index contributed by atoms with van der Waals surface area (Å²) in [5, 5.41) is 0. The second kappa shape index (κ2) is 5.25. The van der Waals surface area contributed by atoms with E-state index in [1.54, 1.807) is 0 Å². The Kier molecular flexibility index (Phi) is 4.26. The Morgan fingerprint density at radius 2 is 1.71 bits per heavy atom. The topological polar surface area (TPSA) is 43.4 Å². The van der Waals surface area contributed by atoms with Gasteiger partial charge in [-0.05, 0) is 39.0 Å². The highest BCUT2D eigenvalue weighted by Gasteiger charge is 2.25. The Balaban J connectivity index is 2.45. The molecule has 0 aromatic carbocycles. The first-order chi connectivity index (χ1) is 6.61. The first-order valence-electron chi connectivity index (χ1n) is 5.20. The monoisotopic (exact) mass is 198 g/mol. The molecule has 0 aromatic rings. The summed E-state index contributed by atoms with van der Waals surface area (Å²) in [7, 11) is 0. The molecule has 0 spiro atoms. The summed E-state index contributed by atoms with van der Waals surface area (Å²) < 4.78 is 5.23. The SMILES string of the molecule is CC(=O)C(CC1CCOCC1)C(C)=O. The van der Waals surface area contributed by atoms with Crippen LogP contribution in [0.25, 0.3) is 0 Å². The number of ketones is 2. The molecule has 0 amide bonds. The fraction of sp³-hybridized carbons (Fsp3) is 0.818. The maximum absolute atomic E-state index is 11.2. The molecule has 0 atom stereocenters. The molecule has 1 aliphatic rings. The summed E-state index contributed by atoms with van der Waals surface area (Å²) >= 11 is 0. The zero-order chi connectivity index (χ0) is 10.6. The molecule has 1 rings (SSSR count). The van der Waals surface area contributed by atoms with Crippen molar-refractivity contribution in [3.63, 3.8) is 0 Å². The van der Waals surface area contributed by atoms with Gasteiger partial charge in [-0.1, -0.05) is 0 Å². The van der Waals surface area contributed by atoms with E-state index in [-0.39, 0.29) is 17.5 Å². The second-order valence-electron chi connectivity index (χ2n) is 4.07. The third-order valence-electron chi connectivity index (χ3n) is 2.89. The van der Waals surface area contributed by atoms with Crippen LogP contribution in [0.15, 0.2) is 0 Å². The number of hydrogen-bond donors (Lipinski definition) is 0. The fourth-order valence-corrected chi connectivity index (χ4v) is 1.93. The van der Waals surface area contributed by atoms with Crippen LogP contribution >= 0.6 is 0 Å². The average molecular weight is 198 g/mol. The van der Waals surface area contributed by atoms with E-state index in [1.807, 2.05) is 0 Å². The van der Waals surface area contributed by atoms with E-state index >= 15 is 0 Å². The summed E-state index contributed by atoms with van der Waals surface area (Å²) in [4.78, 5) is 22.4. The summed E-state index contributed by atoms with van der Waals surface area (Å²) in [6, 6.07) is 0. The van der Waals surface area contributed by atoms with Crippen LogP contribution in [0.4, 0.5) is 0 Å². The Hall–Kier alpha value is -0.700. The number of carbonyl (C=O) groups excluding carboxylic acids is 2. The van der Waals surface area contributed by atoms with E-state index in [0.717, 1.165) is 26.1 Å². The van der Waals surface area contributed by atoms with E-state index in [9.17, 15) is 9.59 Å². The molecule has 1 saturated heterocycles. The zero-order valence-electron chi connectivity index (χ0n) is 8.91. The minimum Gasteiger partial charge on any atom is -0.381 e. The molecule has 3 nitrogen and oxygen atoms in total. The van der Waals surface area contributed by atoms with Crippen molar-refractivity contribution in [2.45, 2.75) is 33.1 Å². The van der Waals surface area contributed by atoms with Crippen LogP contribution < -0.4 is 0 Å². The standard InChI is InChI=1S/C11H18O3/c1-8(12)11(9(2)13)7-10-3-5-14-6-4-10/h10-11H,3-7H2,1-2H3. The molecule has 0 N–H and O–H groups in total. The first-order valence-corrected chi connectivity index (χ1v) is 5.20. The van der Waals surface area contributed by atoms with Gasteiger partial charge in [0.25, 0.3) is 0 Å². The van der Waals surface area contributed by atoms with Crippen LogP contribution in [0.2, 0.25) is 0 Å². The molecule has 0 aromatic heterocycles. The van der Waals surface area contributed by atoms with E-state index < -0.39 is 0 Å². The van der Waals surface area contributed by atoms with E-state index in [2.05, 4.69) is 0 Å². The van der Waals surface area contributed by atoms with Crippen LogP contribution in [0.1, 0.15) is 33.1 Å². The normalized spacial score (nSPS) is 18.5. The molecule has 80 valence electrons. The molecular formula is C11H18O3. The van der Waals surface area contributed by atoms with E-state index in [1.165, 1.54) is 13.8 Å². The Labute approximate surface area is 84.8 Å². The fourth-order valence-electron chi connectivity index (χ4n) is 1.93. The summed E-state index contributed by atoms with van der Waals surface area (Å²) in [5.41, 5.74) is 0. The van der Waals surface area contributed by atoms with Crippen molar-refractivity contribution in [1.82, 2.24) is 0 Å². The van der Waals surface area contributed by atoms with Crippen molar-refractivity contribution in [2.24, 2.45) is 11.8 Å². The predicted molar refractivity (Wildman–Crippen MR) is 53.0 cm³/mol. The number of ether oxygens (including phenoxy) is 1. The third kappa shape index (κ3) is 3.22. The molecule has 1 heterocycles. The largest absolute Gasteiger partial charge is 0.381 e. The molecular weight excluding hydrogens is 180 g/mol. The molecule has 0 radical (unpaired) electrons. The Morgan fingerprint density at radius 1 is 1.21 bits per heavy atom. The number of rotatable bonds is 4. The lowest BCUT2D eigenvalue weighted by atomic mass is 9.85. The van der Waals surface area contributed by atoms with Crippen molar-refractivity contribution in [3.8, 4) is 0 Å². The third-order valence-corrected chi connectivity index (χ3v) is 2.89. The van der Waals surface area contributed by atoms with Crippen molar-refractivity contribution >= 4 is 11.6 Å². The van der Waals surface area contributed by atoms with Crippen LogP contribution in [0.5, 0.6) is 0 Å². The number of hydrogen-bond acceptors (Lipinski definition) is 3.